The van der Waals surface area contributed by atoms with Crippen LogP contribution >= 0.6 is 0 Å². The normalized spacial score (nSPS) is 19.1. The SMILES string of the molecule is Cc1cc(/C(=C/C(=O)NCC(=O)NC2CCS(=O)(=O)C2)C(C)C)ccc1F. The summed E-state index contributed by atoms with van der Waals surface area (Å²) in [4.78, 5) is 24.1. The highest BCUT2D eigenvalue weighted by Crippen LogP contribution is 2.24. The molecule has 27 heavy (non-hydrogen) atoms. The molecule has 1 atom stereocenters. The number of halogens is 1. The topological polar surface area (TPSA) is 92.3 Å². The number of hydrogen-bond donors (Lipinski definition) is 2. The van der Waals surface area contributed by atoms with Gasteiger partial charge in [-0.15, -0.1) is 0 Å². The van der Waals surface area contributed by atoms with E-state index in [-0.39, 0.29) is 29.8 Å². The van der Waals surface area contributed by atoms with Crippen LogP contribution in [0.3, 0.4) is 0 Å². The van der Waals surface area contributed by atoms with Gasteiger partial charge in [0.1, 0.15) is 5.82 Å². The molecule has 1 aromatic carbocycles. The monoisotopic (exact) mass is 396 g/mol. The Labute approximate surface area is 159 Å². The Morgan fingerprint density at radius 3 is 2.59 bits per heavy atom. The first-order valence-electron chi connectivity index (χ1n) is 8.83. The van der Waals surface area contributed by atoms with Gasteiger partial charge in [0.05, 0.1) is 18.1 Å². The van der Waals surface area contributed by atoms with Crippen molar-refractivity contribution in [1.29, 1.82) is 0 Å². The molecule has 6 nitrogen and oxygen atoms in total. The lowest BCUT2D eigenvalue weighted by Crippen LogP contribution is -2.42. The zero-order chi connectivity index (χ0) is 20.2. The third kappa shape index (κ3) is 6.16. The second-order valence-electron chi connectivity index (χ2n) is 7.10. The highest BCUT2D eigenvalue weighted by molar-refractivity contribution is 7.91. The fraction of sp³-hybridized carbons (Fsp3) is 0.474. The summed E-state index contributed by atoms with van der Waals surface area (Å²) in [5, 5.41) is 5.12. The van der Waals surface area contributed by atoms with Gasteiger partial charge in [0.2, 0.25) is 11.8 Å². The van der Waals surface area contributed by atoms with Crippen molar-refractivity contribution in [2.75, 3.05) is 18.1 Å². The van der Waals surface area contributed by atoms with Crippen LogP contribution in [-0.2, 0) is 19.4 Å². The summed E-state index contributed by atoms with van der Waals surface area (Å²) < 4.78 is 36.3. The highest BCUT2D eigenvalue weighted by atomic mass is 32.2. The van der Waals surface area contributed by atoms with E-state index in [1.54, 1.807) is 19.1 Å². The van der Waals surface area contributed by atoms with Crippen LogP contribution in [0.2, 0.25) is 0 Å². The number of nitrogens with one attached hydrogen (secondary N) is 2. The third-order valence-corrected chi connectivity index (χ3v) is 6.19. The molecule has 0 radical (unpaired) electrons. The quantitative estimate of drug-likeness (QED) is 0.715. The summed E-state index contributed by atoms with van der Waals surface area (Å²) in [7, 11) is -3.07. The summed E-state index contributed by atoms with van der Waals surface area (Å²) in [6, 6.07) is 4.27. The smallest absolute Gasteiger partial charge is 0.244 e. The molecule has 1 fully saturated rings. The van der Waals surface area contributed by atoms with Gasteiger partial charge in [0, 0.05) is 12.1 Å². The van der Waals surface area contributed by atoms with E-state index in [0.717, 1.165) is 11.1 Å². The fourth-order valence-electron chi connectivity index (χ4n) is 2.95. The number of benzene rings is 1. The summed E-state index contributed by atoms with van der Waals surface area (Å²) in [6.07, 6.45) is 1.80. The van der Waals surface area contributed by atoms with Gasteiger partial charge in [-0.2, -0.15) is 0 Å². The Balaban J connectivity index is 1.96. The van der Waals surface area contributed by atoms with E-state index >= 15 is 0 Å². The third-order valence-electron chi connectivity index (χ3n) is 4.42. The molecule has 0 saturated carbocycles. The number of aryl methyl sites for hydroxylation is 1. The molecular weight excluding hydrogens is 371 g/mol. The lowest BCUT2D eigenvalue weighted by molar-refractivity contribution is -0.124. The number of hydrogen-bond acceptors (Lipinski definition) is 4. The Kier molecular flexibility index (Phi) is 6.75. The number of amides is 2. The number of allylic oxidation sites excluding steroid dienone is 1. The Bertz CT molecular complexity index is 862. The molecule has 1 aromatic rings. The maximum absolute atomic E-state index is 13.5. The van der Waals surface area contributed by atoms with Crippen LogP contribution in [0.15, 0.2) is 24.3 Å². The molecule has 0 aliphatic carbocycles. The molecule has 1 aliphatic rings. The molecule has 1 unspecified atom stereocenters. The summed E-state index contributed by atoms with van der Waals surface area (Å²) >= 11 is 0. The van der Waals surface area contributed by atoms with Gasteiger partial charge in [-0.05, 0) is 48.1 Å². The molecule has 2 amide bonds. The van der Waals surface area contributed by atoms with Gasteiger partial charge < -0.3 is 10.6 Å². The molecular formula is C19H25FN2O4S. The van der Waals surface area contributed by atoms with Crippen LogP contribution in [0.5, 0.6) is 0 Å². The minimum atomic E-state index is -3.07. The van der Waals surface area contributed by atoms with Gasteiger partial charge in [0.15, 0.2) is 9.84 Å². The van der Waals surface area contributed by atoms with Gasteiger partial charge in [-0.3, -0.25) is 9.59 Å². The van der Waals surface area contributed by atoms with Crippen molar-refractivity contribution >= 4 is 27.2 Å². The van der Waals surface area contributed by atoms with Crippen LogP contribution in [-0.4, -0.2) is 44.3 Å². The van der Waals surface area contributed by atoms with Crippen molar-refractivity contribution in [2.45, 2.75) is 33.2 Å². The summed E-state index contributed by atoms with van der Waals surface area (Å²) in [5.74, 6) is -1.14. The Morgan fingerprint density at radius 2 is 2.04 bits per heavy atom. The van der Waals surface area contributed by atoms with Gasteiger partial charge >= 0.3 is 0 Å². The average molecular weight is 396 g/mol. The van der Waals surface area contributed by atoms with E-state index in [9.17, 15) is 22.4 Å². The van der Waals surface area contributed by atoms with E-state index in [4.69, 9.17) is 0 Å². The predicted molar refractivity (Wildman–Crippen MR) is 102 cm³/mol. The number of carbonyl (C=O) groups is 2. The molecule has 148 valence electrons. The van der Waals surface area contributed by atoms with Gasteiger partial charge in [0.25, 0.3) is 0 Å². The first kappa shape index (κ1) is 21.1. The molecule has 0 spiro atoms. The fourth-order valence-corrected chi connectivity index (χ4v) is 4.63. The van der Waals surface area contributed by atoms with E-state index < -0.39 is 27.7 Å². The average Bonchev–Trinajstić information content (AvgIpc) is 2.91. The molecule has 1 saturated heterocycles. The van der Waals surface area contributed by atoms with Crippen LogP contribution in [0.25, 0.3) is 5.57 Å². The maximum atomic E-state index is 13.5. The second kappa shape index (κ2) is 8.65. The van der Waals surface area contributed by atoms with E-state index in [0.29, 0.717) is 12.0 Å². The molecule has 0 bridgehead atoms. The number of rotatable bonds is 6. The van der Waals surface area contributed by atoms with Gasteiger partial charge in [-0.25, -0.2) is 12.8 Å². The van der Waals surface area contributed by atoms with Crippen molar-refractivity contribution in [2.24, 2.45) is 5.92 Å². The van der Waals surface area contributed by atoms with Crippen LogP contribution in [0, 0.1) is 18.7 Å². The highest BCUT2D eigenvalue weighted by Gasteiger charge is 2.28. The van der Waals surface area contributed by atoms with Crippen molar-refractivity contribution in [3.05, 3.63) is 41.2 Å². The Morgan fingerprint density at radius 1 is 1.33 bits per heavy atom. The van der Waals surface area contributed by atoms with E-state index in [1.807, 2.05) is 13.8 Å². The largest absolute Gasteiger partial charge is 0.351 e. The van der Waals surface area contributed by atoms with Crippen molar-refractivity contribution in [1.82, 2.24) is 10.6 Å². The first-order valence-corrected chi connectivity index (χ1v) is 10.7. The van der Waals surface area contributed by atoms with E-state index in [2.05, 4.69) is 10.6 Å². The lowest BCUT2D eigenvalue weighted by Gasteiger charge is -2.14. The molecule has 8 heteroatoms. The minimum Gasteiger partial charge on any atom is -0.351 e. The van der Waals surface area contributed by atoms with Crippen molar-refractivity contribution in [3.8, 4) is 0 Å². The zero-order valence-electron chi connectivity index (χ0n) is 15.7. The molecule has 0 aromatic heterocycles. The summed E-state index contributed by atoms with van der Waals surface area (Å²) in [5.41, 5.74) is 1.97. The Hall–Kier alpha value is -2.22. The predicted octanol–water partition coefficient (Wildman–Crippen LogP) is 1.59. The van der Waals surface area contributed by atoms with Crippen molar-refractivity contribution in [3.63, 3.8) is 0 Å². The van der Waals surface area contributed by atoms with Crippen LogP contribution in [0.4, 0.5) is 4.39 Å². The van der Waals surface area contributed by atoms with Crippen LogP contribution in [0.1, 0.15) is 31.4 Å². The second-order valence-corrected chi connectivity index (χ2v) is 9.33. The molecule has 2 rings (SSSR count). The standard InChI is InChI=1S/C19H25FN2O4S/c1-12(2)16(14-4-5-17(20)13(3)8-14)9-18(23)21-10-19(24)22-15-6-7-27(25,26)11-15/h4-5,8-9,12,15H,6-7,10-11H2,1-3H3,(H,21,23)(H,22,24)/b16-9+. The lowest BCUT2D eigenvalue weighted by atomic mass is 9.93. The van der Waals surface area contributed by atoms with Gasteiger partial charge in [-0.1, -0.05) is 19.9 Å². The number of sulfone groups is 1. The van der Waals surface area contributed by atoms with E-state index in [1.165, 1.54) is 12.1 Å². The molecule has 2 N–H and O–H groups in total. The molecule has 1 heterocycles. The van der Waals surface area contributed by atoms with Crippen LogP contribution < -0.4 is 10.6 Å². The number of carbonyl (C=O) groups excluding carboxylic acids is 2. The first-order chi connectivity index (χ1) is 12.6. The summed E-state index contributed by atoms with van der Waals surface area (Å²) in [6.45, 7) is 5.26. The zero-order valence-corrected chi connectivity index (χ0v) is 16.5. The minimum absolute atomic E-state index is 0.0260. The maximum Gasteiger partial charge on any atom is 0.244 e. The molecule has 1 aliphatic heterocycles. The van der Waals surface area contributed by atoms with Crippen molar-refractivity contribution < 1.29 is 22.4 Å².